The first-order chi connectivity index (χ1) is 13.6. The molecular formula is C20H23FN4O2S. The highest BCUT2D eigenvalue weighted by molar-refractivity contribution is 7.13. The van der Waals surface area contributed by atoms with Crippen LogP contribution in [0.5, 0.6) is 0 Å². The summed E-state index contributed by atoms with van der Waals surface area (Å²) in [5.74, 6) is -0.522. The largest absolute Gasteiger partial charge is 0.345 e. The fourth-order valence-corrected chi connectivity index (χ4v) is 4.58. The zero-order valence-electron chi connectivity index (χ0n) is 15.6. The third kappa shape index (κ3) is 4.01. The van der Waals surface area contributed by atoms with Gasteiger partial charge in [0.05, 0.1) is 5.92 Å². The second-order valence-electron chi connectivity index (χ2n) is 7.22. The van der Waals surface area contributed by atoms with Crippen LogP contribution in [0.3, 0.4) is 0 Å². The number of carbonyl (C=O) groups is 2. The number of halogens is 1. The monoisotopic (exact) mass is 402 g/mol. The van der Waals surface area contributed by atoms with E-state index in [4.69, 9.17) is 0 Å². The summed E-state index contributed by atoms with van der Waals surface area (Å²) >= 11 is 1.61. The summed E-state index contributed by atoms with van der Waals surface area (Å²) in [6, 6.07) is 5.59. The molecule has 1 atom stereocenters. The van der Waals surface area contributed by atoms with E-state index in [0.29, 0.717) is 31.7 Å². The molecule has 2 amide bonds. The van der Waals surface area contributed by atoms with Gasteiger partial charge in [-0.05, 0) is 37.1 Å². The van der Waals surface area contributed by atoms with Crippen LogP contribution >= 0.6 is 11.3 Å². The Hall–Kier alpha value is -2.48. The maximum Gasteiger partial charge on any atom is 0.253 e. The first-order valence-corrected chi connectivity index (χ1v) is 10.5. The topological polar surface area (TPSA) is 56.8 Å². The molecule has 0 radical (unpaired) electrons. The normalized spacial score (nSPS) is 20.3. The Balaban J connectivity index is 1.34. The minimum Gasteiger partial charge on any atom is -0.345 e. The van der Waals surface area contributed by atoms with Crippen molar-refractivity contribution in [3.8, 4) is 0 Å². The Labute approximate surface area is 167 Å². The number of hydrogen-bond donors (Lipinski definition) is 0. The van der Waals surface area contributed by atoms with Gasteiger partial charge in [-0.15, -0.1) is 11.3 Å². The van der Waals surface area contributed by atoms with Gasteiger partial charge in [-0.25, -0.2) is 9.37 Å². The molecule has 2 fully saturated rings. The van der Waals surface area contributed by atoms with E-state index in [1.54, 1.807) is 22.4 Å². The molecule has 3 heterocycles. The molecule has 1 aromatic carbocycles. The van der Waals surface area contributed by atoms with Gasteiger partial charge in [0.15, 0.2) is 5.13 Å². The number of carbonyl (C=O) groups excluding carboxylic acids is 2. The van der Waals surface area contributed by atoms with Gasteiger partial charge < -0.3 is 14.7 Å². The lowest BCUT2D eigenvalue weighted by molar-refractivity contribution is -0.137. The van der Waals surface area contributed by atoms with Crippen LogP contribution in [-0.2, 0) is 4.79 Å². The van der Waals surface area contributed by atoms with Gasteiger partial charge in [0.2, 0.25) is 5.91 Å². The highest BCUT2D eigenvalue weighted by Gasteiger charge is 2.33. The second kappa shape index (κ2) is 8.26. The summed E-state index contributed by atoms with van der Waals surface area (Å²) in [6.07, 6.45) is 3.41. The molecule has 1 aromatic heterocycles. The number of piperazine rings is 1. The second-order valence-corrected chi connectivity index (χ2v) is 8.10. The predicted molar refractivity (Wildman–Crippen MR) is 106 cm³/mol. The summed E-state index contributed by atoms with van der Waals surface area (Å²) in [5.41, 5.74) is 0.464. The number of anilines is 1. The molecular weight excluding hydrogens is 379 g/mol. The van der Waals surface area contributed by atoms with E-state index in [0.717, 1.165) is 31.1 Å². The molecule has 2 aliphatic heterocycles. The molecule has 4 rings (SSSR count). The lowest BCUT2D eigenvalue weighted by Gasteiger charge is -2.39. The van der Waals surface area contributed by atoms with Crippen molar-refractivity contribution in [1.29, 1.82) is 0 Å². The average Bonchev–Trinajstić information content (AvgIpc) is 3.28. The van der Waals surface area contributed by atoms with Crippen LogP contribution in [0.2, 0.25) is 0 Å². The smallest absolute Gasteiger partial charge is 0.253 e. The van der Waals surface area contributed by atoms with E-state index in [1.807, 2.05) is 10.3 Å². The van der Waals surface area contributed by atoms with E-state index < -0.39 is 0 Å². The molecule has 2 saturated heterocycles. The summed E-state index contributed by atoms with van der Waals surface area (Å²) < 4.78 is 13.1. The number of nitrogens with zero attached hydrogens (tertiary/aromatic N) is 4. The summed E-state index contributed by atoms with van der Waals surface area (Å²) in [5, 5.41) is 2.96. The van der Waals surface area contributed by atoms with E-state index in [2.05, 4.69) is 9.88 Å². The number of piperidine rings is 1. The van der Waals surface area contributed by atoms with Crippen LogP contribution in [0.4, 0.5) is 9.52 Å². The van der Waals surface area contributed by atoms with Crippen molar-refractivity contribution in [1.82, 2.24) is 14.8 Å². The van der Waals surface area contributed by atoms with Crippen LogP contribution < -0.4 is 4.90 Å². The summed E-state index contributed by atoms with van der Waals surface area (Å²) in [7, 11) is 0. The Morgan fingerprint density at radius 1 is 1.04 bits per heavy atom. The third-order valence-corrected chi connectivity index (χ3v) is 6.26. The SMILES string of the molecule is O=C(c1ccc(F)cc1)N1CCCC(C(=O)N2CCN(c3nccs3)CC2)C1. The molecule has 0 N–H and O–H groups in total. The first kappa shape index (κ1) is 18.9. The van der Waals surface area contributed by atoms with E-state index in [9.17, 15) is 14.0 Å². The number of aromatic nitrogens is 1. The number of benzene rings is 1. The van der Waals surface area contributed by atoms with Crippen molar-refractivity contribution >= 4 is 28.3 Å². The van der Waals surface area contributed by atoms with Crippen molar-refractivity contribution in [3.05, 3.63) is 47.2 Å². The zero-order valence-corrected chi connectivity index (χ0v) is 16.4. The van der Waals surface area contributed by atoms with E-state index in [1.165, 1.54) is 24.3 Å². The number of hydrogen-bond acceptors (Lipinski definition) is 5. The zero-order chi connectivity index (χ0) is 19.5. The molecule has 0 spiro atoms. The van der Waals surface area contributed by atoms with Gasteiger partial charge in [0, 0.05) is 56.4 Å². The van der Waals surface area contributed by atoms with Crippen LogP contribution in [0, 0.1) is 11.7 Å². The molecule has 6 nitrogen and oxygen atoms in total. The van der Waals surface area contributed by atoms with E-state index in [-0.39, 0.29) is 23.5 Å². The predicted octanol–water partition coefficient (Wildman–Crippen LogP) is 2.48. The molecule has 2 aliphatic rings. The lowest BCUT2D eigenvalue weighted by atomic mass is 9.95. The molecule has 0 bridgehead atoms. The Morgan fingerprint density at radius 2 is 1.79 bits per heavy atom. The van der Waals surface area contributed by atoms with Gasteiger partial charge >= 0.3 is 0 Å². The fraction of sp³-hybridized carbons (Fsp3) is 0.450. The summed E-state index contributed by atoms with van der Waals surface area (Å²) in [4.78, 5) is 35.9. The maximum absolute atomic E-state index is 13.1. The quantitative estimate of drug-likeness (QED) is 0.792. The standard InChI is InChI=1S/C20H23FN4O2S/c21-17-5-3-15(4-6-17)18(26)25-8-1-2-16(14-25)19(27)23-9-11-24(12-10-23)20-22-7-13-28-20/h3-7,13,16H,1-2,8-12,14H2. The number of amides is 2. The van der Waals surface area contributed by atoms with Gasteiger partial charge in [-0.3, -0.25) is 9.59 Å². The molecule has 2 aromatic rings. The highest BCUT2D eigenvalue weighted by atomic mass is 32.1. The van der Waals surface area contributed by atoms with Crippen LogP contribution in [0.15, 0.2) is 35.8 Å². The van der Waals surface area contributed by atoms with Crippen molar-refractivity contribution < 1.29 is 14.0 Å². The molecule has 1 unspecified atom stereocenters. The van der Waals surface area contributed by atoms with Crippen molar-refractivity contribution in [2.24, 2.45) is 5.92 Å². The van der Waals surface area contributed by atoms with Crippen molar-refractivity contribution in [2.75, 3.05) is 44.2 Å². The van der Waals surface area contributed by atoms with Crippen molar-refractivity contribution in [3.63, 3.8) is 0 Å². The molecule has 148 valence electrons. The number of rotatable bonds is 3. The minimum atomic E-state index is -0.361. The molecule has 0 saturated carbocycles. The Kier molecular flexibility index (Phi) is 5.57. The average molecular weight is 402 g/mol. The number of thiazole rings is 1. The lowest BCUT2D eigenvalue weighted by Crippen LogP contribution is -2.53. The highest BCUT2D eigenvalue weighted by Crippen LogP contribution is 2.23. The Bertz CT molecular complexity index is 819. The minimum absolute atomic E-state index is 0.133. The maximum atomic E-state index is 13.1. The number of likely N-dealkylation sites (tertiary alicyclic amines) is 1. The van der Waals surface area contributed by atoms with E-state index >= 15 is 0 Å². The van der Waals surface area contributed by atoms with Gasteiger partial charge in [-0.2, -0.15) is 0 Å². The first-order valence-electron chi connectivity index (χ1n) is 9.60. The van der Waals surface area contributed by atoms with Crippen LogP contribution in [0.1, 0.15) is 23.2 Å². The van der Waals surface area contributed by atoms with Gasteiger partial charge in [0.1, 0.15) is 5.82 Å². The van der Waals surface area contributed by atoms with Gasteiger partial charge in [0.25, 0.3) is 5.91 Å². The molecule has 8 heteroatoms. The fourth-order valence-electron chi connectivity index (χ4n) is 3.89. The van der Waals surface area contributed by atoms with Crippen LogP contribution in [0.25, 0.3) is 0 Å². The molecule has 28 heavy (non-hydrogen) atoms. The summed E-state index contributed by atoms with van der Waals surface area (Å²) in [6.45, 7) is 4.00. The van der Waals surface area contributed by atoms with Crippen LogP contribution in [-0.4, -0.2) is 65.9 Å². The third-order valence-electron chi connectivity index (χ3n) is 5.43. The molecule has 0 aliphatic carbocycles. The van der Waals surface area contributed by atoms with Gasteiger partial charge in [-0.1, -0.05) is 0 Å². The Morgan fingerprint density at radius 3 is 2.46 bits per heavy atom. The van der Waals surface area contributed by atoms with Crippen molar-refractivity contribution in [2.45, 2.75) is 12.8 Å².